The normalized spacial score (nSPS) is 13.7. The van der Waals surface area contributed by atoms with Gasteiger partial charge >= 0.3 is 0 Å². The third-order valence-corrected chi connectivity index (χ3v) is 3.97. The second kappa shape index (κ2) is 7.11. The molecule has 1 atom stereocenters. The van der Waals surface area contributed by atoms with Crippen LogP contribution < -0.4 is 16.2 Å². The van der Waals surface area contributed by atoms with E-state index < -0.39 is 10.0 Å². The van der Waals surface area contributed by atoms with Gasteiger partial charge in [-0.05, 0) is 44.6 Å². The van der Waals surface area contributed by atoms with Crippen LogP contribution in [0.4, 0.5) is 11.4 Å². The van der Waals surface area contributed by atoms with Crippen molar-refractivity contribution in [3.05, 3.63) is 18.2 Å². The molecule has 1 rings (SSSR count). The van der Waals surface area contributed by atoms with Gasteiger partial charge in [-0.3, -0.25) is 0 Å². The van der Waals surface area contributed by atoms with E-state index in [9.17, 15) is 8.42 Å². The lowest BCUT2D eigenvalue weighted by molar-refractivity contribution is 0.356. The number of benzene rings is 1. The number of likely N-dealkylation sites (N-methyl/N-ethyl adjacent to an activating group) is 1. The minimum atomic E-state index is -3.73. The lowest BCUT2D eigenvalue weighted by Crippen LogP contribution is -2.33. The van der Waals surface area contributed by atoms with E-state index in [1.54, 1.807) is 6.07 Å². The van der Waals surface area contributed by atoms with E-state index in [2.05, 4.69) is 24.1 Å². The maximum absolute atomic E-state index is 11.4. The molecular formula is C14H26N4O2S. The Labute approximate surface area is 127 Å². The molecule has 0 heterocycles. The predicted molar refractivity (Wildman–Crippen MR) is 87.6 cm³/mol. The van der Waals surface area contributed by atoms with Crippen LogP contribution in [-0.2, 0) is 10.0 Å². The third-order valence-electron chi connectivity index (χ3n) is 3.05. The molecule has 0 fully saturated rings. The molecule has 0 saturated carbocycles. The predicted octanol–water partition coefficient (Wildman–Crippen LogP) is 1.30. The maximum atomic E-state index is 11.4. The van der Waals surface area contributed by atoms with Crippen molar-refractivity contribution in [1.29, 1.82) is 0 Å². The van der Waals surface area contributed by atoms with Crippen molar-refractivity contribution in [2.75, 3.05) is 31.7 Å². The van der Waals surface area contributed by atoms with Crippen molar-refractivity contribution in [2.45, 2.75) is 31.2 Å². The molecule has 0 aliphatic rings. The summed E-state index contributed by atoms with van der Waals surface area (Å²) in [7, 11) is 0.268. The zero-order chi connectivity index (χ0) is 16.2. The molecule has 120 valence electrons. The SMILES string of the molecule is CC(C)CC(CN(C)C)Nc1cc(S(N)(=O)=O)ccc1N. The summed E-state index contributed by atoms with van der Waals surface area (Å²) < 4.78 is 22.9. The van der Waals surface area contributed by atoms with E-state index in [4.69, 9.17) is 10.9 Å². The number of nitrogen functional groups attached to an aromatic ring is 1. The van der Waals surface area contributed by atoms with Crippen LogP contribution in [-0.4, -0.2) is 40.0 Å². The quantitative estimate of drug-likeness (QED) is 0.659. The number of nitrogens with zero attached hydrogens (tertiary/aromatic N) is 1. The van der Waals surface area contributed by atoms with Crippen LogP contribution in [0.2, 0.25) is 0 Å². The Hall–Kier alpha value is -1.31. The van der Waals surface area contributed by atoms with Gasteiger partial charge < -0.3 is 16.0 Å². The highest BCUT2D eigenvalue weighted by atomic mass is 32.2. The molecule has 0 saturated heterocycles. The molecule has 21 heavy (non-hydrogen) atoms. The van der Waals surface area contributed by atoms with Crippen LogP contribution in [0.25, 0.3) is 0 Å². The fourth-order valence-corrected chi connectivity index (χ4v) is 2.79. The Morgan fingerprint density at radius 2 is 1.90 bits per heavy atom. The van der Waals surface area contributed by atoms with Gasteiger partial charge in [0.05, 0.1) is 16.3 Å². The Morgan fingerprint density at radius 1 is 1.29 bits per heavy atom. The molecule has 0 bridgehead atoms. The number of primary sulfonamides is 1. The topological polar surface area (TPSA) is 101 Å². The van der Waals surface area contributed by atoms with Gasteiger partial charge in [-0.25, -0.2) is 13.6 Å². The molecule has 0 aliphatic carbocycles. The number of hydrogen-bond donors (Lipinski definition) is 3. The van der Waals surface area contributed by atoms with Gasteiger partial charge in [-0.2, -0.15) is 0 Å². The summed E-state index contributed by atoms with van der Waals surface area (Å²) in [5.74, 6) is 0.519. The molecule has 6 nitrogen and oxygen atoms in total. The van der Waals surface area contributed by atoms with Crippen molar-refractivity contribution in [2.24, 2.45) is 11.1 Å². The van der Waals surface area contributed by atoms with Gasteiger partial charge in [-0.1, -0.05) is 13.8 Å². The molecule has 1 unspecified atom stereocenters. The lowest BCUT2D eigenvalue weighted by Gasteiger charge is -2.25. The monoisotopic (exact) mass is 314 g/mol. The number of nitrogens with two attached hydrogens (primary N) is 2. The standard InChI is InChI=1S/C14H26N4O2S/c1-10(2)7-11(9-18(3)4)17-14-8-12(21(16,19)20)5-6-13(14)15/h5-6,8,10-11,17H,7,9,15H2,1-4H3,(H2,16,19,20). The maximum Gasteiger partial charge on any atom is 0.238 e. The molecule has 5 N–H and O–H groups in total. The number of nitrogens with one attached hydrogen (secondary N) is 1. The second-order valence-corrected chi connectivity index (χ2v) is 7.59. The van der Waals surface area contributed by atoms with Crippen LogP contribution in [0.3, 0.4) is 0 Å². The highest BCUT2D eigenvalue weighted by Gasteiger charge is 2.15. The van der Waals surface area contributed by atoms with E-state index >= 15 is 0 Å². The van der Waals surface area contributed by atoms with Gasteiger partial charge in [0.1, 0.15) is 0 Å². The summed E-state index contributed by atoms with van der Waals surface area (Å²) in [4.78, 5) is 2.15. The highest BCUT2D eigenvalue weighted by molar-refractivity contribution is 7.89. The fourth-order valence-electron chi connectivity index (χ4n) is 2.25. The lowest BCUT2D eigenvalue weighted by atomic mass is 10.0. The number of rotatable bonds is 7. The molecule has 1 aromatic carbocycles. The molecular weight excluding hydrogens is 288 g/mol. The first-order valence-corrected chi connectivity index (χ1v) is 8.47. The molecule has 0 aliphatic heterocycles. The largest absolute Gasteiger partial charge is 0.397 e. The summed E-state index contributed by atoms with van der Waals surface area (Å²) >= 11 is 0. The minimum Gasteiger partial charge on any atom is -0.397 e. The average molecular weight is 314 g/mol. The smallest absolute Gasteiger partial charge is 0.238 e. The van der Waals surface area contributed by atoms with Crippen molar-refractivity contribution < 1.29 is 8.42 Å². The Kier molecular flexibility index (Phi) is 6.00. The summed E-state index contributed by atoms with van der Waals surface area (Å²) in [6.07, 6.45) is 0.956. The van der Waals surface area contributed by atoms with Crippen LogP contribution in [0.1, 0.15) is 20.3 Å². The van der Waals surface area contributed by atoms with Gasteiger partial charge in [0, 0.05) is 12.6 Å². The van der Waals surface area contributed by atoms with Crippen LogP contribution in [0, 0.1) is 5.92 Å². The summed E-state index contributed by atoms with van der Waals surface area (Å²) in [6.45, 7) is 5.13. The third kappa shape index (κ3) is 5.91. The Morgan fingerprint density at radius 3 is 2.38 bits per heavy atom. The van der Waals surface area contributed by atoms with E-state index in [0.29, 0.717) is 17.3 Å². The van der Waals surface area contributed by atoms with E-state index in [0.717, 1.165) is 13.0 Å². The second-order valence-electron chi connectivity index (χ2n) is 6.03. The first-order chi connectivity index (χ1) is 9.59. The number of anilines is 2. The first-order valence-electron chi connectivity index (χ1n) is 6.93. The molecule has 0 radical (unpaired) electrons. The zero-order valence-electron chi connectivity index (χ0n) is 13.1. The first kappa shape index (κ1) is 17.7. The summed E-state index contributed by atoms with van der Waals surface area (Å²) in [6, 6.07) is 4.65. The van der Waals surface area contributed by atoms with Crippen molar-refractivity contribution in [3.63, 3.8) is 0 Å². The van der Waals surface area contributed by atoms with Crippen LogP contribution in [0.15, 0.2) is 23.1 Å². The number of sulfonamides is 1. The minimum absolute atomic E-state index is 0.0624. The van der Waals surface area contributed by atoms with Crippen molar-refractivity contribution >= 4 is 21.4 Å². The van der Waals surface area contributed by atoms with Crippen molar-refractivity contribution in [3.8, 4) is 0 Å². The Bertz CT molecular complexity index is 560. The van der Waals surface area contributed by atoms with Crippen molar-refractivity contribution in [1.82, 2.24) is 4.90 Å². The highest BCUT2D eigenvalue weighted by Crippen LogP contribution is 2.24. The summed E-state index contributed by atoms with van der Waals surface area (Å²) in [5.41, 5.74) is 7.05. The molecule has 0 aromatic heterocycles. The van der Waals surface area contributed by atoms with Gasteiger partial charge in [-0.15, -0.1) is 0 Å². The van der Waals surface area contributed by atoms with E-state index in [1.807, 2.05) is 14.1 Å². The zero-order valence-corrected chi connectivity index (χ0v) is 13.9. The van der Waals surface area contributed by atoms with E-state index in [-0.39, 0.29) is 10.9 Å². The Balaban J connectivity index is 3.02. The van der Waals surface area contributed by atoms with Gasteiger partial charge in [0.25, 0.3) is 0 Å². The fraction of sp³-hybridized carbons (Fsp3) is 0.571. The van der Waals surface area contributed by atoms with E-state index in [1.165, 1.54) is 12.1 Å². The van der Waals surface area contributed by atoms with Crippen LogP contribution in [0.5, 0.6) is 0 Å². The molecule has 0 amide bonds. The van der Waals surface area contributed by atoms with Crippen LogP contribution >= 0.6 is 0 Å². The van der Waals surface area contributed by atoms with Gasteiger partial charge in [0.2, 0.25) is 10.0 Å². The molecule has 0 spiro atoms. The average Bonchev–Trinajstić information content (AvgIpc) is 2.28. The molecule has 1 aromatic rings. The van der Waals surface area contributed by atoms with Gasteiger partial charge in [0.15, 0.2) is 0 Å². The summed E-state index contributed by atoms with van der Waals surface area (Å²) in [5, 5.41) is 8.50. The molecule has 7 heteroatoms. The number of hydrogen-bond acceptors (Lipinski definition) is 5.